The quantitative estimate of drug-likeness (QED) is 0.514. The molecule has 3 aromatic rings. The molecule has 0 spiro atoms. The summed E-state index contributed by atoms with van der Waals surface area (Å²) in [6.45, 7) is 3.87. The van der Waals surface area contributed by atoms with E-state index in [0.29, 0.717) is 49.2 Å². The highest BCUT2D eigenvalue weighted by Gasteiger charge is 2.34. The van der Waals surface area contributed by atoms with Crippen LogP contribution in [0.2, 0.25) is 5.28 Å². The Kier molecular flexibility index (Phi) is 4.44. The SMILES string of the molecule is C[C@H]1CNC(=O)c2c1[nH]c1c2CCc2cnc(Oc3nc(Cl)nc4c3CNCC4)c(F)c2-1. The second-order valence-corrected chi connectivity index (χ2v) is 8.75. The lowest BCUT2D eigenvalue weighted by Crippen LogP contribution is -2.34. The molecule has 1 atom stereocenters. The summed E-state index contributed by atoms with van der Waals surface area (Å²) in [6, 6.07) is 0. The van der Waals surface area contributed by atoms with Gasteiger partial charge in [-0.2, -0.15) is 4.98 Å². The highest BCUT2D eigenvalue weighted by Crippen LogP contribution is 2.42. The summed E-state index contributed by atoms with van der Waals surface area (Å²) in [4.78, 5) is 28.6. The number of pyridine rings is 1. The Hall–Kier alpha value is -3.04. The minimum absolute atomic E-state index is 0.0540. The summed E-state index contributed by atoms with van der Waals surface area (Å²) in [6.07, 6.45) is 3.56. The van der Waals surface area contributed by atoms with Crippen molar-refractivity contribution in [1.82, 2.24) is 30.6 Å². The number of hydrogen-bond donors (Lipinski definition) is 3. The van der Waals surface area contributed by atoms with Crippen LogP contribution in [0.1, 0.15) is 51.3 Å². The van der Waals surface area contributed by atoms with E-state index in [1.165, 1.54) is 0 Å². The summed E-state index contributed by atoms with van der Waals surface area (Å²) in [5.74, 6) is -0.542. The number of hydrogen-bond acceptors (Lipinski definition) is 6. The predicted octanol–water partition coefficient (Wildman–Crippen LogP) is 3.04. The summed E-state index contributed by atoms with van der Waals surface area (Å²) in [7, 11) is 0. The molecular weight excluding hydrogens is 435 g/mol. The van der Waals surface area contributed by atoms with Gasteiger partial charge in [-0.15, -0.1) is 0 Å². The van der Waals surface area contributed by atoms with Crippen LogP contribution in [0, 0.1) is 5.82 Å². The van der Waals surface area contributed by atoms with Crippen LogP contribution < -0.4 is 15.4 Å². The maximum atomic E-state index is 15.8. The molecule has 32 heavy (non-hydrogen) atoms. The number of nitrogens with zero attached hydrogens (tertiary/aromatic N) is 3. The van der Waals surface area contributed by atoms with Crippen molar-refractivity contribution in [2.24, 2.45) is 0 Å². The molecule has 1 amide bonds. The molecule has 8 nitrogen and oxygen atoms in total. The highest BCUT2D eigenvalue weighted by molar-refractivity contribution is 6.28. The van der Waals surface area contributed by atoms with Crippen molar-refractivity contribution in [3.05, 3.63) is 50.9 Å². The number of rotatable bonds is 2. The molecule has 3 aromatic heterocycles. The maximum Gasteiger partial charge on any atom is 0.258 e. The lowest BCUT2D eigenvalue weighted by Gasteiger charge is -2.21. The molecule has 0 fully saturated rings. The van der Waals surface area contributed by atoms with E-state index in [1.54, 1.807) is 6.20 Å². The Bertz CT molecular complexity index is 1290. The predicted molar refractivity (Wildman–Crippen MR) is 115 cm³/mol. The standard InChI is InChI=1S/C22H20ClFN6O2/c1-9-6-26-19(31)15-11-3-2-10-7-27-21(16(24)14(10)18(11)29-17(9)15)32-20-12-8-25-5-4-13(12)28-22(23)30-20/h7,9,25,29H,2-6,8H2,1H3,(H,26,31)/t9-/m0/s1. The van der Waals surface area contributed by atoms with Gasteiger partial charge >= 0.3 is 0 Å². The molecule has 0 bridgehead atoms. The second-order valence-electron chi connectivity index (χ2n) is 8.41. The molecule has 0 saturated heterocycles. The van der Waals surface area contributed by atoms with Crippen molar-refractivity contribution in [2.75, 3.05) is 13.1 Å². The van der Waals surface area contributed by atoms with E-state index in [0.717, 1.165) is 34.6 Å². The number of aryl methyl sites for hydroxylation is 1. The van der Waals surface area contributed by atoms with E-state index in [9.17, 15) is 4.79 Å². The first-order valence-electron chi connectivity index (χ1n) is 10.7. The normalized spacial score (nSPS) is 18.8. The van der Waals surface area contributed by atoms with Crippen LogP contribution in [0.4, 0.5) is 4.39 Å². The van der Waals surface area contributed by atoms with Gasteiger partial charge in [-0.3, -0.25) is 4.79 Å². The molecule has 164 valence electrons. The molecule has 0 aromatic carbocycles. The monoisotopic (exact) mass is 454 g/mol. The van der Waals surface area contributed by atoms with Crippen molar-refractivity contribution in [1.29, 1.82) is 0 Å². The minimum Gasteiger partial charge on any atom is -0.417 e. The van der Waals surface area contributed by atoms with Crippen LogP contribution in [0.5, 0.6) is 11.8 Å². The van der Waals surface area contributed by atoms with E-state index in [-0.39, 0.29) is 28.9 Å². The van der Waals surface area contributed by atoms with E-state index < -0.39 is 5.82 Å². The largest absolute Gasteiger partial charge is 0.417 e. The van der Waals surface area contributed by atoms with Crippen LogP contribution >= 0.6 is 11.6 Å². The number of H-pyrrole nitrogens is 1. The fraction of sp³-hybridized carbons (Fsp3) is 0.364. The molecule has 0 radical (unpaired) electrons. The van der Waals surface area contributed by atoms with Gasteiger partial charge in [0.15, 0.2) is 5.82 Å². The van der Waals surface area contributed by atoms with Crippen LogP contribution in [-0.4, -0.2) is 38.9 Å². The Morgan fingerprint density at radius 2 is 2.03 bits per heavy atom. The summed E-state index contributed by atoms with van der Waals surface area (Å²) in [5, 5.41) is 6.21. The average Bonchev–Trinajstić information content (AvgIpc) is 3.19. The van der Waals surface area contributed by atoms with Gasteiger partial charge in [-0.25, -0.2) is 14.4 Å². The van der Waals surface area contributed by atoms with Gasteiger partial charge in [-0.05, 0) is 35.6 Å². The fourth-order valence-corrected chi connectivity index (χ4v) is 5.02. The number of aromatic amines is 1. The van der Waals surface area contributed by atoms with Crippen molar-refractivity contribution >= 4 is 17.5 Å². The first kappa shape index (κ1) is 19.6. The van der Waals surface area contributed by atoms with E-state index >= 15 is 4.39 Å². The van der Waals surface area contributed by atoms with Crippen LogP contribution in [0.25, 0.3) is 11.3 Å². The molecule has 0 unspecified atom stereocenters. The molecule has 0 saturated carbocycles. The van der Waals surface area contributed by atoms with Gasteiger partial charge in [-0.1, -0.05) is 6.92 Å². The van der Waals surface area contributed by atoms with Crippen molar-refractivity contribution < 1.29 is 13.9 Å². The third kappa shape index (κ3) is 2.91. The topological polar surface area (TPSA) is 105 Å². The minimum atomic E-state index is -0.581. The number of carbonyl (C=O) groups excluding carboxylic acids is 1. The molecular formula is C22H20ClFN6O2. The third-order valence-electron chi connectivity index (χ3n) is 6.44. The average molecular weight is 455 g/mol. The number of halogens is 2. The highest BCUT2D eigenvalue weighted by atomic mass is 35.5. The van der Waals surface area contributed by atoms with Gasteiger partial charge in [0.25, 0.3) is 11.8 Å². The lowest BCUT2D eigenvalue weighted by molar-refractivity contribution is 0.0940. The number of aromatic nitrogens is 4. The molecule has 2 aliphatic heterocycles. The van der Waals surface area contributed by atoms with E-state index in [4.69, 9.17) is 16.3 Å². The Balaban J connectivity index is 1.46. The van der Waals surface area contributed by atoms with Gasteiger partial charge in [0.05, 0.1) is 22.5 Å². The van der Waals surface area contributed by atoms with Crippen LogP contribution in [-0.2, 0) is 25.8 Å². The van der Waals surface area contributed by atoms with Crippen LogP contribution in [0.15, 0.2) is 6.20 Å². The third-order valence-corrected chi connectivity index (χ3v) is 6.61. The van der Waals surface area contributed by atoms with Crippen molar-refractivity contribution in [2.45, 2.75) is 38.6 Å². The fourth-order valence-electron chi connectivity index (χ4n) is 4.84. The van der Waals surface area contributed by atoms with Gasteiger partial charge in [0.2, 0.25) is 11.2 Å². The van der Waals surface area contributed by atoms with Crippen molar-refractivity contribution in [3.63, 3.8) is 0 Å². The number of carbonyl (C=O) groups is 1. The molecule has 10 heteroatoms. The molecule has 1 aliphatic carbocycles. The first-order valence-corrected chi connectivity index (χ1v) is 11.0. The number of nitrogens with one attached hydrogen (secondary N) is 3. The van der Waals surface area contributed by atoms with Crippen LogP contribution in [0.3, 0.4) is 0 Å². The zero-order chi connectivity index (χ0) is 22.0. The van der Waals surface area contributed by atoms with Crippen molar-refractivity contribution in [3.8, 4) is 23.0 Å². The second kappa shape index (κ2) is 7.25. The molecule has 3 aliphatic rings. The number of fused-ring (bicyclic) bond motifs is 6. The van der Waals surface area contributed by atoms with Gasteiger partial charge < -0.3 is 20.4 Å². The zero-order valence-corrected chi connectivity index (χ0v) is 18.1. The number of amides is 1. The maximum absolute atomic E-state index is 15.8. The molecule has 5 heterocycles. The zero-order valence-electron chi connectivity index (χ0n) is 17.3. The summed E-state index contributed by atoms with van der Waals surface area (Å²) < 4.78 is 21.7. The lowest BCUT2D eigenvalue weighted by atomic mass is 9.87. The number of ether oxygens (including phenoxy) is 1. The Labute approximate surface area is 188 Å². The first-order chi connectivity index (χ1) is 15.5. The smallest absolute Gasteiger partial charge is 0.258 e. The molecule has 3 N–H and O–H groups in total. The Morgan fingerprint density at radius 1 is 1.16 bits per heavy atom. The van der Waals surface area contributed by atoms with Gasteiger partial charge in [0.1, 0.15) is 0 Å². The van der Waals surface area contributed by atoms with Gasteiger partial charge in [0, 0.05) is 49.4 Å². The summed E-state index contributed by atoms with van der Waals surface area (Å²) in [5.41, 5.74) is 5.70. The molecule has 6 rings (SSSR count). The summed E-state index contributed by atoms with van der Waals surface area (Å²) >= 11 is 6.08. The van der Waals surface area contributed by atoms with E-state index in [1.807, 2.05) is 6.92 Å². The van der Waals surface area contributed by atoms with E-state index in [2.05, 4.69) is 30.6 Å². The Morgan fingerprint density at radius 3 is 2.91 bits per heavy atom.